The smallest absolute Gasteiger partial charge is 0.258 e. The Labute approximate surface area is 416 Å². The summed E-state index contributed by atoms with van der Waals surface area (Å²) < 4.78 is 10.6. The lowest BCUT2D eigenvalue weighted by molar-refractivity contribution is -0.127. The molecule has 0 aliphatic carbocycles. The molecule has 0 heterocycles. The van der Waals surface area contributed by atoms with Crippen LogP contribution in [0.3, 0.4) is 0 Å². The van der Waals surface area contributed by atoms with Crippen molar-refractivity contribution in [3.8, 4) is 11.5 Å². The molecule has 0 saturated carbocycles. The molecular formula is C47H43Cl5N8O8. The van der Waals surface area contributed by atoms with E-state index in [4.69, 9.17) is 67.5 Å². The van der Waals surface area contributed by atoms with Crippen molar-refractivity contribution in [2.45, 2.75) is 44.7 Å². The predicted molar refractivity (Wildman–Crippen MR) is 265 cm³/mol. The highest BCUT2D eigenvalue weighted by Crippen LogP contribution is 2.30. The first-order valence-corrected chi connectivity index (χ1v) is 22.8. The molecule has 68 heavy (non-hydrogen) atoms. The van der Waals surface area contributed by atoms with Crippen LogP contribution in [-0.2, 0) is 37.9 Å². The number of amides is 4. The number of rotatable bonds is 21. The SMILES string of the molecule is COc1ccc(NC(=O)c2cc(N=NC(C(C)=O)C(=O)Nc3ccc(NC(=O)C(N=Nc4ccc(Cl)c(C(=O)Nc5ccc(OC)cc5CCCl)c4)C(C)=O)c(CCl)c3)ccc2Cl)c(CCCl)c1. The topological polar surface area (TPSA) is 218 Å². The summed E-state index contributed by atoms with van der Waals surface area (Å²) >= 11 is 30.9. The second-order valence-electron chi connectivity index (χ2n) is 14.6. The van der Waals surface area contributed by atoms with Crippen LogP contribution in [-0.4, -0.2) is 73.3 Å². The Kier molecular flexibility index (Phi) is 19.4. The molecule has 0 bridgehead atoms. The number of Topliss-reactive ketones (excluding diaryl/α,β-unsaturated/α-hetero) is 2. The molecule has 21 heteroatoms. The van der Waals surface area contributed by atoms with Gasteiger partial charge in [0.15, 0.2) is 11.6 Å². The number of hydrogen-bond donors (Lipinski definition) is 4. The summed E-state index contributed by atoms with van der Waals surface area (Å²) in [5.74, 6) is -2.44. The third kappa shape index (κ3) is 14.1. The molecule has 2 atom stereocenters. The van der Waals surface area contributed by atoms with Gasteiger partial charge in [-0.25, -0.2) is 0 Å². The van der Waals surface area contributed by atoms with Crippen molar-refractivity contribution in [2.75, 3.05) is 47.2 Å². The van der Waals surface area contributed by atoms with Crippen LogP contribution < -0.4 is 30.7 Å². The zero-order valence-corrected chi connectivity index (χ0v) is 40.6. The van der Waals surface area contributed by atoms with Gasteiger partial charge < -0.3 is 30.7 Å². The summed E-state index contributed by atoms with van der Waals surface area (Å²) in [5.41, 5.74) is 3.56. The minimum absolute atomic E-state index is 0.0527. The summed E-state index contributed by atoms with van der Waals surface area (Å²) in [7, 11) is 3.05. The number of nitrogens with zero attached hydrogens (tertiary/aromatic N) is 4. The highest BCUT2D eigenvalue weighted by Gasteiger charge is 2.26. The predicted octanol–water partition coefficient (Wildman–Crippen LogP) is 11.2. The first-order chi connectivity index (χ1) is 32.6. The molecule has 4 N–H and O–H groups in total. The second-order valence-corrected chi connectivity index (χ2v) is 16.4. The summed E-state index contributed by atoms with van der Waals surface area (Å²) in [6, 6.07) is 19.8. The lowest BCUT2D eigenvalue weighted by Crippen LogP contribution is -2.32. The third-order valence-corrected chi connectivity index (χ3v) is 11.2. The first kappa shape index (κ1) is 52.5. The van der Waals surface area contributed by atoms with Gasteiger partial charge in [0.25, 0.3) is 23.6 Å². The molecule has 5 aromatic carbocycles. The number of carbonyl (C=O) groups is 6. The number of alkyl halides is 3. The van der Waals surface area contributed by atoms with Gasteiger partial charge in [-0.05, 0) is 134 Å². The molecule has 354 valence electrons. The zero-order valence-electron chi connectivity index (χ0n) is 36.8. The highest BCUT2D eigenvalue weighted by atomic mass is 35.5. The largest absolute Gasteiger partial charge is 0.497 e. The van der Waals surface area contributed by atoms with Crippen molar-refractivity contribution in [1.29, 1.82) is 0 Å². The van der Waals surface area contributed by atoms with Crippen molar-refractivity contribution in [1.82, 2.24) is 0 Å². The summed E-state index contributed by atoms with van der Waals surface area (Å²) in [5, 5.41) is 27.2. The van der Waals surface area contributed by atoms with Crippen LogP contribution in [0.25, 0.3) is 0 Å². The summed E-state index contributed by atoms with van der Waals surface area (Å²) in [6.07, 6.45) is 0.912. The number of azo groups is 2. The fourth-order valence-corrected chi connectivity index (χ4v) is 7.37. The fraction of sp³-hybridized carbons (Fsp3) is 0.234. The number of hydrogen-bond acceptors (Lipinski definition) is 12. The highest BCUT2D eigenvalue weighted by molar-refractivity contribution is 6.35. The Morgan fingerprint density at radius 2 is 0.956 bits per heavy atom. The Morgan fingerprint density at radius 1 is 0.529 bits per heavy atom. The van der Waals surface area contributed by atoms with Gasteiger partial charge in [0, 0.05) is 40.4 Å². The summed E-state index contributed by atoms with van der Waals surface area (Å²) in [4.78, 5) is 78.8. The van der Waals surface area contributed by atoms with Crippen molar-refractivity contribution in [2.24, 2.45) is 20.5 Å². The first-order valence-electron chi connectivity index (χ1n) is 20.4. The molecule has 16 nitrogen and oxygen atoms in total. The van der Waals surface area contributed by atoms with Crippen LogP contribution in [0, 0.1) is 0 Å². The van der Waals surface area contributed by atoms with Gasteiger partial charge in [0.05, 0.1) is 46.8 Å². The maximum Gasteiger partial charge on any atom is 0.258 e. The van der Waals surface area contributed by atoms with Crippen LogP contribution in [0.1, 0.15) is 51.3 Å². The standard InChI is InChI=1S/C47H43Cl5N8O8/c1-25(61)42(59-57-31-5-10-37(51)35(22-31)44(63)54-39-13-8-33(67-3)20-27(39)15-17-48)46(65)53-30-7-12-41(29(19-30)24-50)56-47(66)43(26(2)62)60-58-32-6-11-38(52)36(23-32)45(64)55-40-14-9-34(68-4)21-28(40)16-18-49/h5-14,19-23,42-43H,15-18,24H2,1-4H3,(H,53,65)(H,54,63)(H,55,64)(H,56,66). The molecule has 0 aliphatic heterocycles. The van der Waals surface area contributed by atoms with E-state index in [0.29, 0.717) is 53.0 Å². The van der Waals surface area contributed by atoms with Gasteiger partial charge in [-0.1, -0.05) is 23.2 Å². The molecule has 0 fully saturated rings. The normalized spacial score (nSPS) is 12.0. The van der Waals surface area contributed by atoms with E-state index in [-0.39, 0.29) is 49.8 Å². The summed E-state index contributed by atoms with van der Waals surface area (Å²) in [6.45, 7) is 2.32. The molecule has 5 aromatic rings. The average Bonchev–Trinajstić information content (AvgIpc) is 3.31. The van der Waals surface area contributed by atoms with Gasteiger partial charge in [0.2, 0.25) is 12.1 Å². The van der Waals surface area contributed by atoms with Crippen molar-refractivity contribution < 1.29 is 38.2 Å². The van der Waals surface area contributed by atoms with Crippen LogP contribution in [0.2, 0.25) is 10.0 Å². The van der Waals surface area contributed by atoms with E-state index in [1.54, 1.807) is 36.4 Å². The number of ether oxygens (including phenoxy) is 2. The number of ketones is 2. The second kappa shape index (κ2) is 25.1. The molecule has 4 amide bonds. The third-order valence-electron chi connectivity index (χ3n) is 9.86. The average molecular weight is 1030 g/mol. The lowest BCUT2D eigenvalue weighted by atomic mass is 10.1. The number of methoxy groups -OCH3 is 2. The van der Waals surface area contributed by atoms with E-state index in [2.05, 4.69) is 41.7 Å². The minimum Gasteiger partial charge on any atom is -0.497 e. The quantitative estimate of drug-likeness (QED) is 0.0314. The van der Waals surface area contributed by atoms with Gasteiger partial charge in [-0.3, -0.25) is 28.8 Å². The van der Waals surface area contributed by atoms with Crippen molar-refractivity contribution in [3.63, 3.8) is 0 Å². The number of aryl methyl sites for hydroxylation is 2. The van der Waals surface area contributed by atoms with Gasteiger partial charge in [-0.2, -0.15) is 20.5 Å². The van der Waals surface area contributed by atoms with Crippen LogP contribution >= 0.6 is 58.0 Å². The Bertz CT molecular complexity index is 2790. The molecule has 0 spiro atoms. The number of anilines is 4. The van der Waals surface area contributed by atoms with E-state index in [9.17, 15) is 28.8 Å². The van der Waals surface area contributed by atoms with Gasteiger partial charge >= 0.3 is 0 Å². The minimum atomic E-state index is -1.61. The Hall–Kier alpha value is -6.43. The van der Waals surface area contributed by atoms with E-state index >= 15 is 0 Å². The molecule has 0 saturated heterocycles. The van der Waals surface area contributed by atoms with E-state index in [0.717, 1.165) is 25.0 Å². The van der Waals surface area contributed by atoms with E-state index < -0.39 is 47.3 Å². The zero-order chi connectivity index (χ0) is 49.5. The monoisotopic (exact) mass is 1020 g/mol. The molecule has 0 aromatic heterocycles. The Morgan fingerprint density at radius 3 is 1.37 bits per heavy atom. The van der Waals surface area contributed by atoms with E-state index in [1.807, 2.05) is 0 Å². The molecular weight excluding hydrogens is 982 g/mol. The molecule has 0 radical (unpaired) electrons. The fourth-order valence-electron chi connectivity index (χ4n) is 6.33. The van der Waals surface area contributed by atoms with Crippen LogP contribution in [0.5, 0.6) is 11.5 Å². The van der Waals surface area contributed by atoms with E-state index in [1.165, 1.54) is 68.8 Å². The van der Waals surface area contributed by atoms with Crippen LogP contribution in [0.4, 0.5) is 34.1 Å². The van der Waals surface area contributed by atoms with Crippen molar-refractivity contribution in [3.05, 3.63) is 129 Å². The number of benzene rings is 5. The number of nitrogens with one attached hydrogen (secondary N) is 4. The lowest BCUT2D eigenvalue weighted by Gasteiger charge is -2.15. The molecule has 0 aliphatic rings. The van der Waals surface area contributed by atoms with Crippen LogP contribution in [0.15, 0.2) is 111 Å². The Balaban J connectivity index is 1.26. The number of carbonyl (C=O) groups excluding carboxylic acids is 6. The maximum atomic E-state index is 13.4. The van der Waals surface area contributed by atoms with Gasteiger partial charge in [0.1, 0.15) is 11.5 Å². The van der Waals surface area contributed by atoms with Gasteiger partial charge in [-0.15, -0.1) is 34.8 Å². The van der Waals surface area contributed by atoms with Crippen molar-refractivity contribution >= 4 is 127 Å². The molecule has 2 unspecified atom stereocenters. The maximum absolute atomic E-state index is 13.4. The molecule has 5 rings (SSSR count). The number of halogens is 5.